The molecule has 4 heterocycles. The highest BCUT2D eigenvalue weighted by atomic mass is 16.4. The van der Waals surface area contributed by atoms with E-state index in [0.29, 0.717) is 24.6 Å². The van der Waals surface area contributed by atoms with E-state index in [4.69, 9.17) is 4.42 Å². The van der Waals surface area contributed by atoms with E-state index in [-0.39, 0.29) is 11.9 Å². The number of aromatic nitrogens is 5. The molecule has 4 rings (SSSR count). The van der Waals surface area contributed by atoms with Gasteiger partial charge in [-0.1, -0.05) is 6.92 Å². The average molecular weight is 340 g/mol. The van der Waals surface area contributed by atoms with Gasteiger partial charge in [0.1, 0.15) is 17.4 Å². The molecule has 3 aromatic rings. The number of nitrogens with zero attached hydrogens (tertiary/aromatic N) is 5. The fourth-order valence-corrected chi connectivity index (χ4v) is 3.16. The quantitative estimate of drug-likeness (QED) is 0.758. The van der Waals surface area contributed by atoms with Gasteiger partial charge in [0.2, 0.25) is 0 Å². The van der Waals surface area contributed by atoms with Crippen molar-refractivity contribution in [2.75, 3.05) is 0 Å². The van der Waals surface area contributed by atoms with Gasteiger partial charge in [-0.15, -0.1) is 10.2 Å². The minimum atomic E-state index is -0.189. The molecule has 8 heteroatoms. The van der Waals surface area contributed by atoms with Gasteiger partial charge < -0.3 is 14.3 Å². The van der Waals surface area contributed by atoms with Crippen LogP contribution in [0.2, 0.25) is 0 Å². The lowest BCUT2D eigenvalue weighted by molar-refractivity contribution is 0.0897. The molecule has 1 unspecified atom stereocenters. The van der Waals surface area contributed by atoms with Crippen LogP contribution in [0.1, 0.15) is 41.3 Å². The van der Waals surface area contributed by atoms with Crippen LogP contribution < -0.4 is 5.32 Å². The third-order valence-electron chi connectivity index (χ3n) is 4.44. The molecule has 130 valence electrons. The standard InChI is InChI=1S/C17H20N6O2/c1-2-15-20-21-16-7-4-12(10-23(15)16)19-17(24)14-6-5-13(25-14)11-22-9-3-8-18-22/h3,5-6,8-9,12H,2,4,7,10-11H2,1H3,(H,19,24). The molecule has 3 aromatic heterocycles. The number of fused-ring (bicyclic) bond motifs is 1. The topological polar surface area (TPSA) is 90.8 Å². The smallest absolute Gasteiger partial charge is 0.287 e. The van der Waals surface area contributed by atoms with Crippen LogP contribution in [0, 0.1) is 0 Å². The van der Waals surface area contributed by atoms with E-state index < -0.39 is 0 Å². The van der Waals surface area contributed by atoms with Crippen molar-refractivity contribution in [3.05, 3.63) is 53.8 Å². The fraction of sp³-hybridized carbons (Fsp3) is 0.412. The summed E-state index contributed by atoms with van der Waals surface area (Å²) in [5, 5.41) is 15.6. The average Bonchev–Trinajstić information content (AvgIpc) is 3.35. The third kappa shape index (κ3) is 3.19. The minimum absolute atomic E-state index is 0.0564. The van der Waals surface area contributed by atoms with Crippen LogP contribution in [-0.4, -0.2) is 36.5 Å². The van der Waals surface area contributed by atoms with E-state index in [9.17, 15) is 4.79 Å². The fourth-order valence-electron chi connectivity index (χ4n) is 3.16. The van der Waals surface area contributed by atoms with E-state index in [1.807, 2.05) is 18.3 Å². The first-order valence-electron chi connectivity index (χ1n) is 8.51. The monoisotopic (exact) mass is 340 g/mol. The Morgan fingerprint density at radius 2 is 2.32 bits per heavy atom. The van der Waals surface area contributed by atoms with Crippen molar-refractivity contribution < 1.29 is 9.21 Å². The summed E-state index contributed by atoms with van der Waals surface area (Å²) in [6.07, 6.45) is 6.08. The maximum Gasteiger partial charge on any atom is 0.287 e. The molecule has 0 fully saturated rings. The zero-order chi connectivity index (χ0) is 17.2. The van der Waals surface area contributed by atoms with Gasteiger partial charge in [-0.05, 0) is 24.6 Å². The van der Waals surface area contributed by atoms with E-state index in [2.05, 4.69) is 32.1 Å². The lowest BCUT2D eigenvalue weighted by Gasteiger charge is -2.24. The summed E-state index contributed by atoms with van der Waals surface area (Å²) in [6, 6.07) is 5.42. The van der Waals surface area contributed by atoms with Crippen molar-refractivity contribution in [1.29, 1.82) is 0 Å². The molecule has 0 bridgehead atoms. The van der Waals surface area contributed by atoms with Crippen molar-refractivity contribution >= 4 is 5.91 Å². The van der Waals surface area contributed by atoms with Gasteiger partial charge in [0.05, 0.1) is 6.54 Å². The van der Waals surface area contributed by atoms with Crippen LogP contribution in [0.25, 0.3) is 0 Å². The van der Waals surface area contributed by atoms with Crippen molar-refractivity contribution in [3.63, 3.8) is 0 Å². The summed E-state index contributed by atoms with van der Waals surface area (Å²) in [5.41, 5.74) is 0. The molecule has 25 heavy (non-hydrogen) atoms. The van der Waals surface area contributed by atoms with Gasteiger partial charge in [0, 0.05) is 37.8 Å². The summed E-state index contributed by atoms with van der Waals surface area (Å²) >= 11 is 0. The maximum absolute atomic E-state index is 12.5. The highest BCUT2D eigenvalue weighted by Crippen LogP contribution is 2.16. The number of carbonyl (C=O) groups is 1. The van der Waals surface area contributed by atoms with E-state index in [0.717, 1.165) is 30.9 Å². The molecular formula is C17H20N6O2. The van der Waals surface area contributed by atoms with Crippen LogP contribution in [0.15, 0.2) is 35.0 Å². The number of hydrogen-bond donors (Lipinski definition) is 1. The lowest BCUT2D eigenvalue weighted by Crippen LogP contribution is -2.41. The molecule has 1 N–H and O–H groups in total. The molecule has 1 atom stereocenters. The Bertz CT molecular complexity index is 850. The Balaban J connectivity index is 1.40. The van der Waals surface area contributed by atoms with Crippen LogP contribution in [0.5, 0.6) is 0 Å². The number of aryl methyl sites for hydroxylation is 2. The molecule has 0 spiro atoms. The second kappa shape index (κ2) is 6.54. The molecule has 0 aromatic carbocycles. The van der Waals surface area contributed by atoms with E-state index in [1.165, 1.54) is 0 Å². The summed E-state index contributed by atoms with van der Waals surface area (Å²) in [5.74, 6) is 2.81. The van der Waals surface area contributed by atoms with Crippen molar-refractivity contribution in [1.82, 2.24) is 29.9 Å². The summed E-state index contributed by atoms with van der Waals surface area (Å²) < 4.78 is 9.52. The number of amides is 1. The zero-order valence-corrected chi connectivity index (χ0v) is 14.1. The third-order valence-corrected chi connectivity index (χ3v) is 4.44. The normalized spacial score (nSPS) is 16.6. The second-order valence-corrected chi connectivity index (χ2v) is 6.18. The molecule has 0 aliphatic carbocycles. The van der Waals surface area contributed by atoms with E-state index >= 15 is 0 Å². The molecule has 1 aliphatic heterocycles. The van der Waals surface area contributed by atoms with Gasteiger partial charge in [0.15, 0.2) is 5.76 Å². The first-order chi connectivity index (χ1) is 12.2. The Labute approximate surface area is 144 Å². The van der Waals surface area contributed by atoms with Crippen LogP contribution in [0.3, 0.4) is 0 Å². The molecule has 1 amide bonds. The summed E-state index contributed by atoms with van der Waals surface area (Å²) in [7, 11) is 0. The molecule has 8 nitrogen and oxygen atoms in total. The first kappa shape index (κ1) is 15.6. The Kier molecular flexibility index (Phi) is 4.09. The van der Waals surface area contributed by atoms with Gasteiger partial charge in [0.25, 0.3) is 5.91 Å². The van der Waals surface area contributed by atoms with Crippen molar-refractivity contribution in [2.24, 2.45) is 0 Å². The molecule has 0 saturated heterocycles. The van der Waals surface area contributed by atoms with Gasteiger partial charge in [-0.25, -0.2) is 0 Å². The predicted molar refractivity (Wildman–Crippen MR) is 89.0 cm³/mol. The predicted octanol–water partition coefficient (Wildman–Crippen LogP) is 1.42. The highest BCUT2D eigenvalue weighted by molar-refractivity contribution is 5.91. The highest BCUT2D eigenvalue weighted by Gasteiger charge is 2.24. The van der Waals surface area contributed by atoms with Gasteiger partial charge >= 0.3 is 0 Å². The van der Waals surface area contributed by atoms with Crippen molar-refractivity contribution in [2.45, 2.75) is 45.3 Å². The number of nitrogens with one attached hydrogen (secondary N) is 1. The molecule has 0 saturated carbocycles. The Morgan fingerprint density at radius 3 is 3.12 bits per heavy atom. The number of rotatable bonds is 5. The summed E-state index contributed by atoms with van der Waals surface area (Å²) in [4.78, 5) is 12.5. The minimum Gasteiger partial charge on any atom is -0.454 e. The van der Waals surface area contributed by atoms with Gasteiger partial charge in [-0.2, -0.15) is 5.10 Å². The maximum atomic E-state index is 12.5. The largest absolute Gasteiger partial charge is 0.454 e. The van der Waals surface area contributed by atoms with Crippen LogP contribution >= 0.6 is 0 Å². The number of hydrogen-bond acceptors (Lipinski definition) is 5. The Morgan fingerprint density at radius 1 is 1.40 bits per heavy atom. The van der Waals surface area contributed by atoms with Crippen LogP contribution in [0.4, 0.5) is 0 Å². The second-order valence-electron chi connectivity index (χ2n) is 6.18. The SMILES string of the molecule is CCc1nnc2n1CC(NC(=O)c1ccc(Cn3cccn3)o1)CC2. The summed E-state index contributed by atoms with van der Waals surface area (Å²) in [6.45, 7) is 3.27. The van der Waals surface area contributed by atoms with E-state index in [1.54, 1.807) is 16.9 Å². The first-order valence-corrected chi connectivity index (χ1v) is 8.51. The molecular weight excluding hydrogens is 320 g/mol. The lowest BCUT2D eigenvalue weighted by atomic mass is 10.1. The molecule has 0 radical (unpaired) electrons. The van der Waals surface area contributed by atoms with Gasteiger partial charge in [-0.3, -0.25) is 9.48 Å². The zero-order valence-electron chi connectivity index (χ0n) is 14.1. The Hall–Kier alpha value is -2.90. The molecule has 1 aliphatic rings. The van der Waals surface area contributed by atoms with Crippen molar-refractivity contribution in [3.8, 4) is 0 Å². The van der Waals surface area contributed by atoms with Crippen LogP contribution in [-0.2, 0) is 25.9 Å². The number of carbonyl (C=O) groups excluding carboxylic acids is 1. The number of furan rings is 1.